The van der Waals surface area contributed by atoms with Crippen molar-refractivity contribution in [2.24, 2.45) is 0 Å². The number of carbonyl (C=O) groups is 2. The van der Waals surface area contributed by atoms with E-state index < -0.39 is 0 Å². The highest BCUT2D eigenvalue weighted by molar-refractivity contribution is 6.31. The lowest BCUT2D eigenvalue weighted by atomic mass is 10.1. The SMILES string of the molecule is CC(C)NC(=O)c1ccc(Cl)cc1NC(=O)CCc1cccnc1. The minimum atomic E-state index is -0.246. The number of pyridine rings is 1. The highest BCUT2D eigenvalue weighted by Crippen LogP contribution is 2.21. The van der Waals surface area contributed by atoms with Crippen LogP contribution >= 0.6 is 11.6 Å². The van der Waals surface area contributed by atoms with E-state index >= 15 is 0 Å². The summed E-state index contributed by atoms with van der Waals surface area (Å²) in [7, 11) is 0. The lowest BCUT2D eigenvalue weighted by Gasteiger charge is -2.13. The number of carbonyl (C=O) groups excluding carboxylic acids is 2. The van der Waals surface area contributed by atoms with Crippen molar-refractivity contribution in [2.75, 3.05) is 5.32 Å². The molecular formula is C18H20ClN3O2. The topological polar surface area (TPSA) is 71.1 Å². The zero-order valence-corrected chi connectivity index (χ0v) is 14.4. The van der Waals surface area contributed by atoms with Gasteiger partial charge < -0.3 is 10.6 Å². The van der Waals surface area contributed by atoms with E-state index in [1.54, 1.807) is 30.6 Å². The number of nitrogens with zero attached hydrogens (tertiary/aromatic N) is 1. The first kappa shape index (κ1) is 17.9. The van der Waals surface area contributed by atoms with Crippen LogP contribution in [0.5, 0.6) is 0 Å². The molecule has 1 aromatic heterocycles. The van der Waals surface area contributed by atoms with Crippen LogP contribution in [-0.4, -0.2) is 22.8 Å². The van der Waals surface area contributed by atoms with Gasteiger partial charge in [-0.1, -0.05) is 17.7 Å². The number of nitrogens with one attached hydrogen (secondary N) is 2. The second-order valence-corrected chi connectivity index (χ2v) is 6.16. The molecular weight excluding hydrogens is 326 g/mol. The number of amides is 2. The van der Waals surface area contributed by atoms with Gasteiger partial charge >= 0.3 is 0 Å². The third-order valence-corrected chi connectivity index (χ3v) is 3.52. The van der Waals surface area contributed by atoms with Gasteiger partial charge in [0.25, 0.3) is 5.91 Å². The molecule has 0 fully saturated rings. The molecule has 0 unspecified atom stereocenters. The van der Waals surface area contributed by atoms with Gasteiger partial charge in [0.2, 0.25) is 5.91 Å². The zero-order valence-electron chi connectivity index (χ0n) is 13.7. The molecule has 2 aromatic rings. The van der Waals surface area contributed by atoms with Gasteiger partial charge in [-0.25, -0.2) is 0 Å². The van der Waals surface area contributed by atoms with Gasteiger partial charge in [-0.3, -0.25) is 14.6 Å². The summed E-state index contributed by atoms with van der Waals surface area (Å²) in [5.74, 6) is -0.427. The molecule has 24 heavy (non-hydrogen) atoms. The van der Waals surface area contributed by atoms with Crippen LogP contribution in [0.1, 0.15) is 36.2 Å². The van der Waals surface area contributed by atoms with E-state index in [2.05, 4.69) is 15.6 Å². The summed E-state index contributed by atoms with van der Waals surface area (Å²) >= 11 is 5.99. The summed E-state index contributed by atoms with van der Waals surface area (Å²) in [6, 6.07) is 8.57. The van der Waals surface area contributed by atoms with Gasteiger partial charge in [-0.05, 0) is 50.1 Å². The first-order valence-electron chi connectivity index (χ1n) is 7.75. The molecule has 0 spiro atoms. The molecule has 1 aromatic carbocycles. The van der Waals surface area contributed by atoms with E-state index in [9.17, 15) is 9.59 Å². The molecule has 2 amide bonds. The van der Waals surface area contributed by atoms with Crippen LogP contribution in [0.2, 0.25) is 5.02 Å². The van der Waals surface area contributed by atoms with E-state index in [0.29, 0.717) is 29.1 Å². The standard InChI is InChI=1S/C18H20ClN3O2/c1-12(2)21-18(24)15-7-6-14(19)10-16(15)22-17(23)8-5-13-4-3-9-20-11-13/h3-4,6-7,9-12H,5,8H2,1-2H3,(H,21,24)(H,22,23). The van der Waals surface area contributed by atoms with Crippen LogP contribution in [0, 0.1) is 0 Å². The number of rotatable bonds is 6. The normalized spacial score (nSPS) is 10.5. The average Bonchev–Trinajstić information content (AvgIpc) is 2.53. The number of anilines is 1. The van der Waals surface area contributed by atoms with Crippen molar-refractivity contribution in [1.29, 1.82) is 0 Å². The summed E-state index contributed by atoms with van der Waals surface area (Å²) < 4.78 is 0. The van der Waals surface area contributed by atoms with E-state index in [1.807, 2.05) is 26.0 Å². The Hall–Kier alpha value is -2.40. The quantitative estimate of drug-likeness (QED) is 0.842. The molecule has 5 nitrogen and oxygen atoms in total. The Balaban J connectivity index is 2.06. The van der Waals surface area contributed by atoms with E-state index in [0.717, 1.165) is 5.56 Å². The number of benzene rings is 1. The first-order valence-corrected chi connectivity index (χ1v) is 8.12. The van der Waals surface area contributed by atoms with Crippen molar-refractivity contribution in [3.05, 3.63) is 58.9 Å². The Morgan fingerprint density at radius 3 is 2.71 bits per heavy atom. The number of aryl methyl sites for hydroxylation is 1. The van der Waals surface area contributed by atoms with Gasteiger partial charge in [-0.2, -0.15) is 0 Å². The molecule has 0 radical (unpaired) electrons. The Morgan fingerprint density at radius 2 is 2.04 bits per heavy atom. The Morgan fingerprint density at radius 1 is 1.25 bits per heavy atom. The fourth-order valence-corrected chi connectivity index (χ4v) is 2.35. The third kappa shape index (κ3) is 5.35. The molecule has 0 saturated heterocycles. The van der Waals surface area contributed by atoms with Crippen molar-refractivity contribution in [3.8, 4) is 0 Å². The predicted molar refractivity (Wildman–Crippen MR) is 95.2 cm³/mol. The smallest absolute Gasteiger partial charge is 0.253 e. The minimum absolute atomic E-state index is 0.00214. The lowest BCUT2D eigenvalue weighted by Crippen LogP contribution is -2.31. The van der Waals surface area contributed by atoms with E-state index in [-0.39, 0.29) is 17.9 Å². The number of hydrogen-bond donors (Lipinski definition) is 2. The van der Waals surface area contributed by atoms with Crippen LogP contribution in [0.15, 0.2) is 42.7 Å². The van der Waals surface area contributed by atoms with Crippen molar-refractivity contribution in [2.45, 2.75) is 32.7 Å². The van der Waals surface area contributed by atoms with Crippen LogP contribution < -0.4 is 10.6 Å². The van der Waals surface area contributed by atoms with Crippen molar-refractivity contribution in [1.82, 2.24) is 10.3 Å². The van der Waals surface area contributed by atoms with Gasteiger partial charge in [0.15, 0.2) is 0 Å². The summed E-state index contributed by atoms with van der Waals surface area (Å²) in [5.41, 5.74) is 1.79. The fourth-order valence-electron chi connectivity index (χ4n) is 2.17. The molecule has 1 heterocycles. The molecule has 0 bridgehead atoms. The molecule has 0 atom stereocenters. The molecule has 0 aliphatic rings. The Labute approximate surface area is 146 Å². The van der Waals surface area contributed by atoms with Gasteiger partial charge in [0, 0.05) is 29.9 Å². The van der Waals surface area contributed by atoms with Crippen LogP contribution in [-0.2, 0) is 11.2 Å². The first-order chi connectivity index (χ1) is 11.5. The van der Waals surface area contributed by atoms with Crippen LogP contribution in [0.25, 0.3) is 0 Å². The van der Waals surface area contributed by atoms with E-state index in [1.165, 1.54) is 0 Å². The molecule has 0 aliphatic heterocycles. The largest absolute Gasteiger partial charge is 0.350 e. The number of halogens is 1. The van der Waals surface area contributed by atoms with Crippen molar-refractivity contribution >= 4 is 29.1 Å². The summed E-state index contributed by atoms with van der Waals surface area (Å²) in [6.45, 7) is 3.75. The molecule has 0 saturated carbocycles. The lowest BCUT2D eigenvalue weighted by molar-refractivity contribution is -0.116. The van der Waals surface area contributed by atoms with E-state index in [4.69, 9.17) is 11.6 Å². The van der Waals surface area contributed by atoms with Crippen LogP contribution in [0.3, 0.4) is 0 Å². The second-order valence-electron chi connectivity index (χ2n) is 5.73. The Kier molecular flexibility index (Phi) is 6.32. The molecule has 126 valence electrons. The maximum Gasteiger partial charge on any atom is 0.253 e. The van der Waals surface area contributed by atoms with Gasteiger partial charge in [0.05, 0.1) is 11.3 Å². The van der Waals surface area contributed by atoms with Crippen molar-refractivity contribution in [3.63, 3.8) is 0 Å². The number of aromatic nitrogens is 1. The zero-order chi connectivity index (χ0) is 17.5. The molecule has 2 N–H and O–H groups in total. The minimum Gasteiger partial charge on any atom is -0.350 e. The third-order valence-electron chi connectivity index (χ3n) is 3.28. The maximum absolute atomic E-state index is 12.2. The monoisotopic (exact) mass is 345 g/mol. The predicted octanol–water partition coefficient (Wildman–Crippen LogP) is 3.44. The fraction of sp³-hybridized carbons (Fsp3) is 0.278. The molecule has 0 aliphatic carbocycles. The summed E-state index contributed by atoms with van der Waals surface area (Å²) in [5, 5.41) is 6.04. The number of hydrogen-bond acceptors (Lipinski definition) is 3. The van der Waals surface area contributed by atoms with Gasteiger partial charge in [-0.15, -0.1) is 0 Å². The highest BCUT2D eigenvalue weighted by Gasteiger charge is 2.15. The summed E-state index contributed by atoms with van der Waals surface area (Å²) in [4.78, 5) is 28.4. The maximum atomic E-state index is 12.2. The average molecular weight is 346 g/mol. The molecule has 6 heteroatoms. The molecule has 2 rings (SSSR count). The Bertz CT molecular complexity index is 717. The highest BCUT2D eigenvalue weighted by atomic mass is 35.5. The second kappa shape index (κ2) is 8.45. The van der Waals surface area contributed by atoms with Crippen LogP contribution in [0.4, 0.5) is 5.69 Å². The van der Waals surface area contributed by atoms with Crippen molar-refractivity contribution < 1.29 is 9.59 Å². The summed E-state index contributed by atoms with van der Waals surface area (Å²) in [6.07, 6.45) is 4.29. The van der Waals surface area contributed by atoms with Gasteiger partial charge in [0.1, 0.15) is 0 Å².